The largest absolute Gasteiger partial charge is 0.497 e. The van der Waals surface area contributed by atoms with Crippen molar-refractivity contribution in [3.63, 3.8) is 0 Å². The van der Waals surface area contributed by atoms with Gasteiger partial charge in [0.1, 0.15) is 11.8 Å². The van der Waals surface area contributed by atoms with Crippen LogP contribution in [0.5, 0.6) is 5.75 Å². The van der Waals surface area contributed by atoms with Gasteiger partial charge in [0.25, 0.3) is 0 Å². The summed E-state index contributed by atoms with van der Waals surface area (Å²) < 4.78 is 86.9. The molecule has 14 heteroatoms. The number of amides is 1. The Bertz CT molecular complexity index is 1910. The predicted molar refractivity (Wildman–Crippen MR) is 191 cm³/mol. The van der Waals surface area contributed by atoms with Crippen LogP contribution in [-0.2, 0) is 23.6 Å². The van der Waals surface area contributed by atoms with Crippen LogP contribution in [0.4, 0.5) is 32.0 Å². The first-order chi connectivity index (χ1) is 24.7. The number of carbonyl (C=O) groups excluding carboxylic acids is 1. The Morgan fingerprint density at radius 2 is 1.73 bits per heavy atom. The van der Waals surface area contributed by atoms with Crippen molar-refractivity contribution in [2.45, 2.75) is 49.7 Å². The lowest BCUT2D eigenvalue weighted by Gasteiger charge is -2.51. The summed E-state index contributed by atoms with van der Waals surface area (Å²) in [6, 6.07) is 15.8. The van der Waals surface area contributed by atoms with Crippen LogP contribution in [0.1, 0.15) is 41.1 Å². The van der Waals surface area contributed by atoms with Crippen molar-refractivity contribution >= 4 is 39.8 Å². The van der Waals surface area contributed by atoms with Crippen LogP contribution < -0.4 is 20.7 Å². The van der Waals surface area contributed by atoms with E-state index < -0.39 is 47.2 Å². The first-order valence-electron chi connectivity index (χ1n) is 16.7. The van der Waals surface area contributed by atoms with Crippen LogP contribution in [0, 0.1) is 11.8 Å². The highest BCUT2D eigenvalue weighted by molar-refractivity contribution is 7.80. The molecule has 3 N–H and O–H groups in total. The zero-order valence-corrected chi connectivity index (χ0v) is 28.9. The minimum Gasteiger partial charge on any atom is -0.497 e. The fraction of sp³-hybridized carbons (Fsp3) is 0.342. The van der Waals surface area contributed by atoms with E-state index in [4.69, 9.17) is 17.0 Å². The van der Waals surface area contributed by atoms with E-state index in [1.165, 1.54) is 0 Å². The summed E-state index contributed by atoms with van der Waals surface area (Å²) in [5, 5.41) is 9.09. The molecule has 0 aliphatic carbocycles. The van der Waals surface area contributed by atoms with Gasteiger partial charge in [0.05, 0.1) is 29.8 Å². The second-order valence-electron chi connectivity index (χ2n) is 13.2. The molecule has 1 amide bonds. The molecular weight excluding hydrogens is 705 g/mol. The molecular formula is C38H37F6N5O2S. The molecule has 3 aliphatic rings. The third kappa shape index (κ3) is 8.34. The van der Waals surface area contributed by atoms with Crippen LogP contribution in [0.25, 0.3) is 10.9 Å². The van der Waals surface area contributed by atoms with E-state index in [0.717, 1.165) is 42.4 Å². The van der Waals surface area contributed by atoms with Crippen molar-refractivity contribution in [2.24, 2.45) is 11.8 Å². The zero-order chi connectivity index (χ0) is 37.2. The predicted octanol–water partition coefficient (Wildman–Crippen LogP) is 7.93. The van der Waals surface area contributed by atoms with Crippen LogP contribution in [0.3, 0.4) is 0 Å². The molecule has 4 aromatic rings. The summed E-state index contributed by atoms with van der Waals surface area (Å²) in [7, 11) is 1.57. The lowest BCUT2D eigenvalue weighted by atomic mass is 9.73. The molecule has 52 heavy (non-hydrogen) atoms. The average Bonchev–Trinajstić information content (AvgIpc) is 3.12. The summed E-state index contributed by atoms with van der Waals surface area (Å²) in [5.41, 5.74) is -1.23. The van der Waals surface area contributed by atoms with E-state index >= 15 is 0 Å². The highest BCUT2D eigenvalue weighted by Crippen LogP contribution is 2.43. The van der Waals surface area contributed by atoms with Gasteiger partial charge in [-0.25, -0.2) is 0 Å². The third-order valence-electron chi connectivity index (χ3n) is 9.90. The number of anilines is 1. The summed E-state index contributed by atoms with van der Waals surface area (Å²) >= 11 is 5.41. The highest BCUT2D eigenvalue weighted by atomic mass is 32.1. The van der Waals surface area contributed by atoms with Gasteiger partial charge >= 0.3 is 12.4 Å². The number of carbonyl (C=O) groups is 1. The van der Waals surface area contributed by atoms with Gasteiger partial charge < -0.3 is 20.7 Å². The van der Waals surface area contributed by atoms with Gasteiger partial charge in [0, 0.05) is 36.3 Å². The first-order valence-corrected chi connectivity index (χ1v) is 17.1. The number of piperidine rings is 3. The molecule has 4 heterocycles. The van der Waals surface area contributed by atoms with Gasteiger partial charge in [-0.3, -0.25) is 14.7 Å². The van der Waals surface area contributed by atoms with Crippen molar-refractivity contribution in [2.75, 3.05) is 25.5 Å². The van der Waals surface area contributed by atoms with Gasteiger partial charge in [-0.2, -0.15) is 26.3 Å². The number of alkyl halides is 6. The third-order valence-corrected chi connectivity index (χ3v) is 10.1. The van der Waals surface area contributed by atoms with Crippen LogP contribution in [0.15, 0.2) is 91.6 Å². The van der Waals surface area contributed by atoms with E-state index in [-0.39, 0.29) is 23.6 Å². The van der Waals surface area contributed by atoms with Crippen LogP contribution >= 0.6 is 12.2 Å². The number of hydrogen-bond donors (Lipinski definition) is 3. The number of methoxy groups -OCH3 is 1. The molecule has 7 nitrogen and oxygen atoms in total. The Hall–Kier alpha value is -4.69. The summed E-state index contributed by atoms with van der Waals surface area (Å²) in [6.07, 6.45) is -4.50. The number of halogens is 6. The Balaban J connectivity index is 1.33. The monoisotopic (exact) mass is 741 g/mol. The molecule has 3 saturated heterocycles. The standard InChI is InChI=1S/C38H37F6N5O2S/c1-3-23-21-49-14-12-24(23)16-33(49)34(29-11-13-45-31-10-9-28(51-2)20-30(29)31)48-35(50)32(15-22-7-5-4-6-8-22)47-36(52)46-27-18-25(37(39,40)41)17-26(19-27)38(42,43)44/h3-11,13,17-20,23-24,32-34H,1,12,14-16,21H2,2H3,(H,48,50)(H2,46,47,52)/t23?,24?,32-,33-,34-/m0/s1. The van der Waals surface area contributed by atoms with E-state index in [2.05, 4.69) is 32.4 Å². The maximum absolute atomic E-state index is 14.5. The molecule has 3 aromatic carbocycles. The number of nitrogens with zero attached hydrogens (tertiary/aromatic N) is 2. The Morgan fingerprint density at radius 3 is 2.35 bits per heavy atom. The fourth-order valence-corrected chi connectivity index (χ4v) is 7.58. The van der Waals surface area contributed by atoms with Crippen molar-refractivity contribution in [3.8, 4) is 5.75 Å². The summed E-state index contributed by atoms with van der Waals surface area (Å²) in [5.74, 6) is 0.847. The summed E-state index contributed by atoms with van der Waals surface area (Å²) in [4.78, 5) is 21.4. The molecule has 0 radical (unpaired) electrons. The van der Waals surface area contributed by atoms with Crippen molar-refractivity contribution in [1.29, 1.82) is 0 Å². The normalized spacial score (nSPS) is 21.2. The van der Waals surface area contributed by atoms with Crippen LogP contribution in [-0.4, -0.2) is 53.2 Å². The van der Waals surface area contributed by atoms with Gasteiger partial charge in [-0.1, -0.05) is 36.4 Å². The second kappa shape index (κ2) is 15.1. The summed E-state index contributed by atoms with van der Waals surface area (Å²) in [6.45, 7) is 5.67. The quantitative estimate of drug-likeness (QED) is 0.0866. The Morgan fingerprint density at radius 1 is 1.02 bits per heavy atom. The maximum atomic E-state index is 14.5. The smallest absolute Gasteiger partial charge is 0.416 e. The number of fused-ring (bicyclic) bond motifs is 4. The number of aromatic nitrogens is 1. The van der Waals surface area contributed by atoms with E-state index in [1.54, 1.807) is 25.4 Å². The van der Waals surface area contributed by atoms with E-state index in [9.17, 15) is 31.1 Å². The topological polar surface area (TPSA) is 78.5 Å². The molecule has 6 atom stereocenters. The lowest BCUT2D eigenvalue weighted by molar-refractivity contribution is -0.143. The molecule has 7 rings (SSSR count). The number of thiocarbonyl (C=S) groups is 1. The minimum atomic E-state index is -5.04. The number of pyridine rings is 1. The van der Waals surface area contributed by atoms with Gasteiger partial charge in [-0.15, -0.1) is 6.58 Å². The van der Waals surface area contributed by atoms with Crippen molar-refractivity contribution in [3.05, 3.63) is 114 Å². The van der Waals surface area contributed by atoms with Gasteiger partial charge in [0.15, 0.2) is 5.11 Å². The van der Waals surface area contributed by atoms with Crippen LogP contribution in [0.2, 0.25) is 0 Å². The molecule has 0 saturated carbocycles. The average molecular weight is 742 g/mol. The molecule has 274 valence electrons. The molecule has 0 spiro atoms. The number of ether oxygens (including phenoxy) is 1. The van der Waals surface area contributed by atoms with Gasteiger partial charge in [0.2, 0.25) is 5.91 Å². The zero-order valence-electron chi connectivity index (χ0n) is 28.1. The fourth-order valence-electron chi connectivity index (χ4n) is 7.32. The van der Waals surface area contributed by atoms with Crippen molar-refractivity contribution < 1.29 is 35.9 Å². The van der Waals surface area contributed by atoms with E-state index in [1.807, 2.05) is 48.5 Å². The Kier molecular flexibility index (Phi) is 10.8. The number of benzene rings is 3. The van der Waals surface area contributed by atoms with Gasteiger partial charge in [-0.05, 0) is 97.0 Å². The molecule has 1 aromatic heterocycles. The van der Waals surface area contributed by atoms with E-state index in [0.29, 0.717) is 35.2 Å². The number of hydrogen-bond acceptors (Lipinski definition) is 5. The molecule has 2 bridgehead atoms. The molecule has 3 fully saturated rings. The first kappa shape index (κ1) is 37.1. The second-order valence-corrected chi connectivity index (χ2v) is 13.6. The highest BCUT2D eigenvalue weighted by Gasteiger charge is 2.44. The Labute approximate surface area is 302 Å². The minimum absolute atomic E-state index is 0.0387. The SMILES string of the molecule is C=CC1CN2CCC1C[C@H]2[C@@H](NC(=O)[C@H](Cc1ccccc1)NC(=S)Nc1cc(C(F)(F)F)cc(C(F)(F)F)c1)c1ccnc2ccc(OC)cc12. The van der Waals surface area contributed by atoms with Crippen molar-refractivity contribution in [1.82, 2.24) is 20.5 Å². The molecule has 3 unspecified atom stereocenters. The molecule has 3 aliphatic heterocycles. The lowest BCUT2D eigenvalue weighted by Crippen LogP contribution is -2.59. The number of rotatable bonds is 10. The number of nitrogens with one attached hydrogen (secondary N) is 3. The maximum Gasteiger partial charge on any atom is 0.416 e.